The molecule has 7 nitrogen and oxygen atoms in total. The maximum atomic E-state index is 12.8. The Hall–Kier alpha value is -3.09. The molecule has 0 spiro atoms. The minimum absolute atomic E-state index is 0.136. The molecule has 0 unspecified atom stereocenters. The van der Waals surface area contributed by atoms with Crippen molar-refractivity contribution in [3.8, 4) is 11.5 Å². The van der Waals surface area contributed by atoms with Crippen molar-refractivity contribution in [2.75, 3.05) is 27.3 Å². The van der Waals surface area contributed by atoms with Crippen LogP contribution in [0.25, 0.3) is 0 Å². The van der Waals surface area contributed by atoms with E-state index in [1.165, 1.54) is 12.3 Å². The van der Waals surface area contributed by atoms with Gasteiger partial charge in [0.2, 0.25) is 0 Å². The molecule has 0 aliphatic carbocycles. The normalized spacial score (nSPS) is 13.5. The molecule has 0 saturated heterocycles. The van der Waals surface area contributed by atoms with Crippen molar-refractivity contribution < 1.29 is 24.2 Å². The molecule has 26 heavy (non-hydrogen) atoms. The molecule has 1 N–H and O–H groups in total. The number of aromatic carboxylic acids is 1. The minimum Gasteiger partial charge on any atom is -0.493 e. The van der Waals surface area contributed by atoms with E-state index >= 15 is 0 Å². The summed E-state index contributed by atoms with van der Waals surface area (Å²) < 4.78 is 10.7. The Balaban J connectivity index is 1.81. The van der Waals surface area contributed by atoms with Crippen LogP contribution < -0.4 is 9.47 Å². The third-order valence-electron chi connectivity index (χ3n) is 4.52. The van der Waals surface area contributed by atoms with Crippen LogP contribution in [0.2, 0.25) is 0 Å². The van der Waals surface area contributed by atoms with Crippen molar-refractivity contribution in [1.29, 1.82) is 0 Å². The Bertz CT molecular complexity index is 815. The van der Waals surface area contributed by atoms with E-state index in [-0.39, 0.29) is 11.6 Å². The van der Waals surface area contributed by atoms with Gasteiger partial charge < -0.3 is 19.5 Å². The van der Waals surface area contributed by atoms with Gasteiger partial charge in [0.15, 0.2) is 11.5 Å². The van der Waals surface area contributed by atoms with Gasteiger partial charge in [0, 0.05) is 24.8 Å². The first-order chi connectivity index (χ1) is 12.5. The van der Waals surface area contributed by atoms with Gasteiger partial charge in [0.1, 0.15) is 5.69 Å². The predicted octanol–water partition coefficient (Wildman–Crippen LogP) is 2.04. The number of rotatable bonds is 4. The quantitative estimate of drug-likeness (QED) is 0.902. The lowest BCUT2D eigenvalue weighted by Gasteiger charge is -2.20. The summed E-state index contributed by atoms with van der Waals surface area (Å²) in [5.41, 5.74) is 2.44. The van der Waals surface area contributed by atoms with E-state index in [9.17, 15) is 9.59 Å². The number of hydrogen-bond acceptors (Lipinski definition) is 5. The molecule has 7 heteroatoms. The Morgan fingerprint density at radius 3 is 2.12 bits per heavy atom. The maximum Gasteiger partial charge on any atom is 0.354 e. The smallest absolute Gasteiger partial charge is 0.354 e. The summed E-state index contributed by atoms with van der Waals surface area (Å²) in [5, 5.41) is 9.05. The van der Waals surface area contributed by atoms with E-state index in [1.54, 1.807) is 25.2 Å². The number of methoxy groups -OCH3 is 2. The standard InChI is InChI=1S/C19H20N2O5/c1-25-16-10-12-4-7-21(8-5-13(12)11-17(16)26-2)18(22)14-3-6-20-15(9-14)19(23)24/h3,6,9-11H,4-5,7-8H2,1-2H3,(H,23,24). The van der Waals surface area contributed by atoms with Crippen molar-refractivity contribution in [2.24, 2.45) is 0 Å². The first-order valence-electron chi connectivity index (χ1n) is 8.26. The highest BCUT2D eigenvalue weighted by Gasteiger charge is 2.22. The molecule has 0 saturated carbocycles. The van der Waals surface area contributed by atoms with Crippen LogP contribution >= 0.6 is 0 Å². The molecular weight excluding hydrogens is 336 g/mol. The Morgan fingerprint density at radius 1 is 1.04 bits per heavy atom. The molecule has 0 fully saturated rings. The number of fused-ring (bicyclic) bond motifs is 1. The van der Waals surface area contributed by atoms with E-state index in [0.717, 1.165) is 11.1 Å². The third-order valence-corrected chi connectivity index (χ3v) is 4.52. The van der Waals surface area contributed by atoms with Crippen LogP contribution in [-0.4, -0.2) is 54.2 Å². The largest absolute Gasteiger partial charge is 0.493 e. The number of aromatic nitrogens is 1. The predicted molar refractivity (Wildman–Crippen MR) is 94.1 cm³/mol. The van der Waals surface area contributed by atoms with Gasteiger partial charge in [-0.25, -0.2) is 9.78 Å². The molecule has 3 rings (SSSR count). The zero-order valence-corrected chi connectivity index (χ0v) is 14.7. The zero-order chi connectivity index (χ0) is 18.7. The van der Waals surface area contributed by atoms with Crippen molar-refractivity contribution in [3.63, 3.8) is 0 Å². The number of carboxylic acids is 1. The second-order valence-corrected chi connectivity index (χ2v) is 6.00. The fraction of sp³-hybridized carbons (Fsp3) is 0.316. The lowest BCUT2D eigenvalue weighted by molar-refractivity contribution is 0.0690. The van der Waals surface area contributed by atoms with Crippen molar-refractivity contribution >= 4 is 11.9 Å². The molecular formula is C19H20N2O5. The van der Waals surface area contributed by atoms with E-state index in [1.807, 2.05) is 12.1 Å². The van der Waals surface area contributed by atoms with Crippen LogP contribution in [0.4, 0.5) is 0 Å². The Kier molecular flexibility index (Phi) is 5.06. The van der Waals surface area contributed by atoms with Crippen LogP contribution in [-0.2, 0) is 12.8 Å². The van der Waals surface area contributed by atoms with Crippen LogP contribution in [0.5, 0.6) is 11.5 Å². The lowest BCUT2D eigenvalue weighted by Crippen LogP contribution is -2.33. The monoisotopic (exact) mass is 356 g/mol. The summed E-state index contributed by atoms with van der Waals surface area (Å²) in [5.74, 6) is 0.00117. The highest BCUT2D eigenvalue weighted by molar-refractivity contribution is 5.96. The SMILES string of the molecule is COc1cc2c(cc1OC)CCN(C(=O)c1ccnc(C(=O)O)c1)CC2. The summed E-state index contributed by atoms with van der Waals surface area (Å²) >= 11 is 0. The van der Waals surface area contributed by atoms with Crippen LogP contribution in [0, 0.1) is 0 Å². The molecule has 1 aliphatic heterocycles. The molecule has 0 atom stereocenters. The highest BCUT2D eigenvalue weighted by Crippen LogP contribution is 2.32. The number of ether oxygens (including phenoxy) is 2. The second-order valence-electron chi connectivity index (χ2n) is 6.00. The molecule has 1 amide bonds. The van der Waals surface area contributed by atoms with Crippen LogP contribution in [0.3, 0.4) is 0 Å². The number of amides is 1. The second kappa shape index (κ2) is 7.43. The molecule has 1 aliphatic rings. The van der Waals surface area contributed by atoms with Gasteiger partial charge in [-0.2, -0.15) is 0 Å². The minimum atomic E-state index is -1.15. The van der Waals surface area contributed by atoms with E-state index in [2.05, 4.69) is 4.98 Å². The number of carbonyl (C=O) groups excluding carboxylic acids is 1. The van der Waals surface area contributed by atoms with E-state index < -0.39 is 5.97 Å². The average molecular weight is 356 g/mol. The van der Waals surface area contributed by atoms with Crippen molar-refractivity contribution in [3.05, 3.63) is 52.8 Å². The number of carboxylic acid groups (broad SMARTS) is 1. The molecule has 136 valence electrons. The Labute approximate surface area is 151 Å². The van der Waals surface area contributed by atoms with Gasteiger partial charge in [-0.1, -0.05) is 0 Å². The summed E-state index contributed by atoms with van der Waals surface area (Å²) in [6, 6.07) is 6.77. The summed E-state index contributed by atoms with van der Waals surface area (Å²) in [7, 11) is 3.19. The topological polar surface area (TPSA) is 89.0 Å². The molecule has 0 radical (unpaired) electrons. The first kappa shape index (κ1) is 17.7. The molecule has 1 aromatic carbocycles. The van der Waals surface area contributed by atoms with E-state index in [4.69, 9.17) is 14.6 Å². The lowest BCUT2D eigenvalue weighted by atomic mass is 10.0. The number of hydrogen-bond donors (Lipinski definition) is 1. The van der Waals surface area contributed by atoms with Gasteiger partial charge in [-0.05, 0) is 48.2 Å². The van der Waals surface area contributed by atoms with Crippen molar-refractivity contribution in [1.82, 2.24) is 9.88 Å². The highest BCUT2D eigenvalue weighted by atomic mass is 16.5. The summed E-state index contributed by atoms with van der Waals surface area (Å²) in [6.07, 6.45) is 2.73. The summed E-state index contributed by atoms with van der Waals surface area (Å²) in [6.45, 7) is 1.10. The molecule has 2 aromatic rings. The number of carbonyl (C=O) groups is 2. The zero-order valence-electron chi connectivity index (χ0n) is 14.7. The molecule has 0 bridgehead atoms. The number of pyridine rings is 1. The fourth-order valence-electron chi connectivity index (χ4n) is 3.12. The number of nitrogens with zero attached hydrogens (tertiary/aromatic N) is 2. The maximum absolute atomic E-state index is 12.8. The van der Waals surface area contributed by atoms with Crippen molar-refractivity contribution in [2.45, 2.75) is 12.8 Å². The first-order valence-corrected chi connectivity index (χ1v) is 8.26. The van der Waals surface area contributed by atoms with E-state index in [0.29, 0.717) is 43.0 Å². The summed E-state index contributed by atoms with van der Waals surface area (Å²) in [4.78, 5) is 29.3. The van der Waals surface area contributed by atoms with Gasteiger partial charge in [-0.15, -0.1) is 0 Å². The van der Waals surface area contributed by atoms with Gasteiger partial charge in [0.25, 0.3) is 5.91 Å². The van der Waals surface area contributed by atoms with Gasteiger partial charge in [0.05, 0.1) is 14.2 Å². The molecule has 2 heterocycles. The van der Waals surface area contributed by atoms with Crippen LogP contribution in [0.1, 0.15) is 32.0 Å². The fourth-order valence-corrected chi connectivity index (χ4v) is 3.12. The van der Waals surface area contributed by atoms with Crippen LogP contribution in [0.15, 0.2) is 30.5 Å². The third kappa shape index (κ3) is 3.46. The number of benzene rings is 1. The van der Waals surface area contributed by atoms with Gasteiger partial charge in [-0.3, -0.25) is 4.79 Å². The Morgan fingerprint density at radius 2 is 1.62 bits per heavy atom. The average Bonchev–Trinajstić information content (AvgIpc) is 2.88. The molecule has 1 aromatic heterocycles. The van der Waals surface area contributed by atoms with Gasteiger partial charge >= 0.3 is 5.97 Å².